The van der Waals surface area contributed by atoms with E-state index in [9.17, 15) is 14.4 Å². The molecule has 10 heteroatoms. The van der Waals surface area contributed by atoms with Crippen LogP contribution in [0.25, 0.3) is 15.9 Å². The Hall–Kier alpha value is -2.36. The van der Waals surface area contributed by atoms with Crippen molar-refractivity contribution in [2.24, 2.45) is 0 Å². The van der Waals surface area contributed by atoms with Crippen molar-refractivity contribution in [3.05, 3.63) is 49.6 Å². The molecule has 168 valence electrons. The molecule has 3 amide bonds. The predicted molar refractivity (Wildman–Crippen MR) is 130 cm³/mol. The summed E-state index contributed by atoms with van der Waals surface area (Å²) >= 11 is 9.05. The number of thiophene rings is 1. The second-order valence-electron chi connectivity index (χ2n) is 7.69. The summed E-state index contributed by atoms with van der Waals surface area (Å²) < 4.78 is 1.53. The largest absolute Gasteiger partial charge is 0.341 e. The van der Waals surface area contributed by atoms with Crippen molar-refractivity contribution in [2.45, 2.75) is 49.9 Å². The van der Waals surface area contributed by atoms with Gasteiger partial charge in [0.2, 0.25) is 5.91 Å². The quantitative estimate of drug-likeness (QED) is 0.422. The first kappa shape index (κ1) is 22.8. The highest BCUT2D eigenvalue weighted by atomic mass is 35.5. The summed E-state index contributed by atoms with van der Waals surface area (Å²) in [5.41, 5.74) is 2.44. The van der Waals surface area contributed by atoms with Gasteiger partial charge in [-0.2, -0.15) is 0 Å². The van der Waals surface area contributed by atoms with Gasteiger partial charge in [0.15, 0.2) is 5.16 Å². The lowest BCUT2D eigenvalue weighted by Gasteiger charge is -2.16. The Labute approximate surface area is 198 Å². The zero-order valence-corrected chi connectivity index (χ0v) is 20.3. The van der Waals surface area contributed by atoms with Crippen molar-refractivity contribution < 1.29 is 9.59 Å². The molecule has 1 unspecified atom stereocenters. The van der Waals surface area contributed by atoms with Crippen LogP contribution in [-0.4, -0.2) is 33.8 Å². The van der Waals surface area contributed by atoms with E-state index in [1.807, 2.05) is 19.1 Å². The van der Waals surface area contributed by atoms with Gasteiger partial charge < -0.3 is 5.32 Å². The third kappa shape index (κ3) is 4.29. The lowest BCUT2D eigenvalue weighted by molar-refractivity contribution is -0.119. The molecule has 0 spiro atoms. The molecule has 0 aliphatic heterocycles. The van der Waals surface area contributed by atoms with E-state index in [0.717, 1.165) is 48.6 Å². The molecule has 2 aromatic heterocycles. The molecule has 0 bridgehead atoms. The van der Waals surface area contributed by atoms with Crippen molar-refractivity contribution in [1.82, 2.24) is 20.2 Å². The van der Waals surface area contributed by atoms with Crippen LogP contribution in [0.5, 0.6) is 0 Å². The van der Waals surface area contributed by atoms with Gasteiger partial charge in [-0.1, -0.05) is 29.4 Å². The minimum Gasteiger partial charge on any atom is -0.341 e. The number of nitrogens with one attached hydrogen (secondary N) is 2. The number of hydrogen-bond donors (Lipinski definition) is 2. The monoisotopic (exact) mass is 490 g/mol. The van der Waals surface area contributed by atoms with Gasteiger partial charge in [0.05, 0.1) is 16.3 Å². The van der Waals surface area contributed by atoms with Gasteiger partial charge >= 0.3 is 6.03 Å². The fourth-order valence-corrected chi connectivity index (χ4v) is 6.11. The summed E-state index contributed by atoms with van der Waals surface area (Å²) in [4.78, 5) is 44.5. The highest BCUT2D eigenvalue weighted by Gasteiger charge is 2.25. The fourth-order valence-electron chi connectivity index (χ4n) is 3.70. The van der Waals surface area contributed by atoms with E-state index in [1.54, 1.807) is 24.3 Å². The van der Waals surface area contributed by atoms with Crippen molar-refractivity contribution in [3.8, 4) is 5.69 Å². The van der Waals surface area contributed by atoms with Crippen LogP contribution in [0.2, 0.25) is 5.02 Å². The third-order valence-corrected chi connectivity index (χ3v) is 8.13. The Morgan fingerprint density at radius 3 is 2.75 bits per heavy atom. The third-order valence-electron chi connectivity index (χ3n) is 5.49. The summed E-state index contributed by atoms with van der Waals surface area (Å²) in [5.74, 6) is -0.470. The van der Waals surface area contributed by atoms with Gasteiger partial charge in [-0.25, -0.2) is 9.78 Å². The molecule has 0 radical (unpaired) electrons. The van der Waals surface area contributed by atoms with Crippen molar-refractivity contribution in [2.75, 3.05) is 7.05 Å². The van der Waals surface area contributed by atoms with Gasteiger partial charge in [-0.3, -0.25) is 19.5 Å². The number of amides is 3. The molecule has 0 saturated heterocycles. The van der Waals surface area contributed by atoms with Crippen LogP contribution in [0.3, 0.4) is 0 Å². The first-order valence-electron chi connectivity index (χ1n) is 10.3. The summed E-state index contributed by atoms with van der Waals surface area (Å²) in [5, 5.41) is 5.57. The average Bonchev–Trinajstić information content (AvgIpc) is 3.14. The molecule has 1 aliphatic rings. The molecule has 1 aliphatic carbocycles. The number of nitrogens with zero attached hydrogens (tertiary/aromatic N) is 2. The second-order valence-corrected chi connectivity index (χ2v) is 10.5. The molecule has 3 aromatic rings. The number of urea groups is 1. The Bertz CT molecular complexity index is 1280. The number of imide groups is 1. The van der Waals surface area contributed by atoms with Crippen LogP contribution in [0.4, 0.5) is 4.79 Å². The zero-order chi connectivity index (χ0) is 23.0. The van der Waals surface area contributed by atoms with Crippen LogP contribution in [-0.2, 0) is 17.6 Å². The first-order valence-corrected chi connectivity index (χ1v) is 12.4. The maximum Gasteiger partial charge on any atom is 0.321 e. The summed E-state index contributed by atoms with van der Waals surface area (Å²) in [6, 6.07) is 4.84. The molecule has 32 heavy (non-hydrogen) atoms. The smallest absolute Gasteiger partial charge is 0.321 e. The normalized spacial score (nSPS) is 14.1. The number of carbonyl (C=O) groups is 2. The standard InChI is InChI=1S/C22H23ClN4O3S2/c1-11-8-9-13(10-15(11)23)27-20(29)17-14-6-4-5-7-16(14)32-19(17)26-22(27)31-12(2)18(28)25-21(30)24-3/h8-10,12H,4-7H2,1-3H3,(H2,24,25,28,30). The van der Waals surface area contributed by atoms with E-state index in [1.165, 1.54) is 16.5 Å². The van der Waals surface area contributed by atoms with Crippen LogP contribution < -0.4 is 16.2 Å². The summed E-state index contributed by atoms with van der Waals surface area (Å²) in [6.45, 7) is 3.57. The molecule has 2 heterocycles. The van der Waals surface area contributed by atoms with Gasteiger partial charge in [0, 0.05) is 16.9 Å². The molecule has 1 atom stereocenters. The number of benzene rings is 1. The number of fused-ring (bicyclic) bond motifs is 3. The molecule has 4 rings (SSSR count). The number of rotatable bonds is 4. The van der Waals surface area contributed by atoms with Gasteiger partial charge in [-0.05, 0) is 62.8 Å². The fraction of sp³-hybridized carbons (Fsp3) is 0.364. The predicted octanol–water partition coefficient (Wildman–Crippen LogP) is 4.22. The molecule has 7 nitrogen and oxygen atoms in total. The molecule has 2 N–H and O–H groups in total. The average molecular weight is 491 g/mol. The zero-order valence-electron chi connectivity index (χ0n) is 18.0. The maximum absolute atomic E-state index is 13.8. The van der Waals surface area contributed by atoms with E-state index in [2.05, 4.69) is 10.6 Å². The summed E-state index contributed by atoms with van der Waals surface area (Å²) in [6.07, 6.45) is 4.00. The van der Waals surface area contributed by atoms with Crippen molar-refractivity contribution >= 4 is 56.9 Å². The minimum atomic E-state index is -0.654. The SMILES string of the molecule is CNC(=O)NC(=O)C(C)Sc1nc2sc3c(c2c(=O)n1-c1ccc(C)c(Cl)c1)CCCC3. The lowest BCUT2D eigenvalue weighted by atomic mass is 9.97. The summed E-state index contributed by atoms with van der Waals surface area (Å²) in [7, 11) is 1.44. The molecular formula is C22H23ClN4O3S2. The molecule has 1 aromatic carbocycles. The van der Waals surface area contributed by atoms with Crippen LogP contribution in [0, 0.1) is 6.92 Å². The van der Waals surface area contributed by atoms with E-state index in [-0.39, 0.29) is 5.56 Å². The van der Waals surface area contributed by atoms with Gasteiger partial charge in [0.25, 0.3) is 5.56 Å². The van der Waals surface area contributed by atoms with Crippen LogP contribution >= 0.6 is 34.7 Å². The van der Waals surface area contributed by atoms with Gasteiger partial charge in [0.1, 0.15) is 4.83 Å². The molecule has 0 saturated carbocycles. The lowest BCUT2D eigenvalue weighted by Crippen LogP contribution is -2.41. The number of thioether (sulfide) groups is 1. The number of aryl methyl sites for hydroxylation is 3. The molecular weight excluding hydrogens is 468 g/mol. The number of halogens is 1. The van der Waals surface area contributed by atoms with Crippen LogP contribution in [0.1, 0.15) is 35.8 Å². The number of carbonyl (C=O) groups excluding carboxylic acids is 2. The first-order chi connectivity index (χ1) is 15.3. The Morgan fingerprint density at radius 2 is 2.03 bits per heavy atom. The highest BCUT2D eigenvalue weighted by Crippen LogP contribution is 2.36. The van der Waals surface area contributed by atoms with Gasteiger partial charge in [-0.15, -0.1) is 11.3 Å². The Morgan fingerprint density at radius 1 is 1.28 bits per heavy atom. The minimum absolute atomic E-state index is 0.157. The number of hydrogen-bond acceptors (Lipinski definition) is 6. The molecule has 0 fully saturated rings. The second kappa shape index (κ2) is 9.25. The maximum atomic E-state index is 13.8. The Kier molecular flexibility index (Phi) is 6.60. The van der Waals surface area contributed by atoms with E-state index in [4.69, 9.17) is 16.6 Å². The number of aromatic nitrogens is 2. The Balaban J connectivity index is 1.86. The van der Waals surface area contributed by atoms with E-state index in [0.29, 0.717) is 26.1 Å². The van der Waals surface area contributed by atoms with E-state index < -0.39 is 17.2 Å². The van der Waals surface area contributed by atoms with Crippen molar-refractivity contribution in [1.29, 1.82) is 0 Å². The highest BCUT2D eigenvalue weighted by molar-refractivity contribution is 8.00. The topological polar surface area (TPSA) is 93.1 Å². The van der Waals surface area contributed by atoms with Crippen molar-refractivity contribution in [3.63, 3.8) is 0 Å². The van der Waals surface area contributed by atoms with E-state index >= 15 is 0 Å². The van der Waals surface area contributed by atoms with Crippen LogP contribution in [0.15, 0.2) is 28.2 Å².